The molecule has 160 valence electrons. The van der Waals surface area contributed by atoms with E-state index in [1.165, 1.54) is 16.7 Å². The average molecular weight is 440 g/mol. The molecule has 1 aliphatic carbocycles. The first-order valence-electron chi connectivity index (χ1n) is 9.91. The third-order valence-electron chi connectivity index (χ3n) is 5.37. The second-order valence-electron chi connectivity index (χ2n) is 7.66. The summed E-state index contributed by atoms with van der Waals surface area (Å²) in [4.78, 5) is 16.7. The van der Waals surface area contributed by atoms with Gasteiger partial charge in [0.15, 0.2) is 11.4 Å². The fraction of sp³-hybridized carbons (Fsp3) is 0.286. The quantitative estimate of drug-likeness (QED) is 0.469. The molecule has 0 bridgehead atoms. The molecule has 31 heavy (non-hydrogen) atoms. The number of nitrogens with zero attached hydrogens (tertiary/aromatic N) is 3. The summed E-state index contributed by atoms with van der Waals surface area (Å²) in [5, 5.41) is 3.92. The van der Waals surface area contributed by atoms with Crippen molar-refractivity contribution in [2.45, 2.75) is 43.7 Å². The molecule has 1 saturated carbocycles. The van der Waals surface area contributed by atoms with Gasteiger partial charge in [-0.3, -0.25) is 4.57 Å². The molecule has 1 N–H and O–H groups in total. The molecular formula is C21H20N4O5S. The summed E-state index contributed by atoms with van der Waals surface area (Å²) in [6.07, 6.45) is 2.07. The third kappa shape index (κ3) is 3.91. The highest BCUT2D eigenvalue weighted by Gasteiger charge is 2.29. The van der Waals surface area contributed by atoms with Crippen molar-refractivity contribution in [3.05, 3.63) is 75.9 Å². The molecular weight excluding hydrogens is 420 g/mol. The molecule has 2 aromatic heterocycles. The van der Waals surface area contributed by atoms with Gasteiger partial charge >= 0.3 is 5.76 Å². The predicted molar refractivity (Wildman–Crippen MR) is 111 cm³/mol. The summed E-state index contributed by atoms with van der Waals surface area (Å²) in [6, 6.07) is 11.9. The van der Waals surface area contributed by atoms with Gasteiger partial charge < -0.3 is 8.94 Å². The lowest BCUT2D eigenvalue weighted by molar-refractivity contribution is 0.372. The normalized spacial score (nSPS) is 14.4. The first kappa shape index (κ1) is 19.7. The SMILES string of the molecule is Cc1ccccc1CNS(=O)(=O)c1ccc2c(c1)oc(=O)n2Cc1noc(C2CC2)n1. The Balaban J connectivity index is 1.39. The Kier molecular flexibility index (Phi) is 4.75. The molecule has 0 aliphatic heterocycles. The number of fused-ring (bicyclic) bond motifs is 1. The molecule has 1 aliphatic rings. The van der Waals surface area contributed by atoms with Gasteiger partial charge in [0, 0.05) is 18.5 Å². The van der Waals surface area contributed by atoms with Crippen molar-refractivity contribution in [3.8, 4) is 0 Å². The van der Waals surface area contributed by atoms with Gasteiger partial charge in [-0.2, -0.15) is 4.98 Å². The molecule has 0 unspecified atom stereocenters. The maximum atomic E-state index is 12.7. The van der Waals surface area contributed by atoms with Gasteiger partial charge in [-0.05, 0) is 43.0 Å². The van der Waals surface area contributed by atoms with E-state index in [1.54, 1.807) is 6.07 Å². The lowest BCUT2D eigenvalue weighted by Crippen LogP contribution is -2.23. The van der Waals surface area contributed by atoms with Crippen LogP contribution in [0.25, 0.3) is 11.1 Å². The first-order valence-corrected chi connectivity index (χ1v) is 11.4. The number of aromatic nitrogens is 3. The summed E-state index contributed by atoms with van der Waals surface area (Å²) in [5.41, 5.74) is 2.51. The largest absolute Gasteiger partial charge is 0.420 e. The van der Waals surface area contributed by atoms with Crippen LogP contribution in [-0.2, 0) is 23.1 Å². The second kappa shape index (κ2) is 7.47. The minimum Gasteiger partial charge on any atom is -0.408 e. The summed E-state index contributed by atoms with van der Waals surface area (Å²) >= 11 is 0. The number of aryl methyl sites for hydroxylation is 1. The molecule has 2 aromatic carbocycles. The molecule has 2 heterocycles. The van der Waals surface area contributed by atoms with E-state index in [2.05, 4.69) is 14.9 Å². The van der Waals surface area contributed by atoms with E-state index in [4.69, 9.17) is 8.94 Å². The number of rotatable bonds is 7. The van der Waals surface area contributed by atoms with Crippen molar-refractivity contribution in [2.75, 3.05) is 0 Å². The summed E-state index contributed by atoms with van der Waals surface area (Å²) in [5.74, 6) is 0.668. The van der Waals surface area contributed by atoms with Crippen LogP contribution in [-0.4, -0.2) is 23.1 Å². The van der Waals surface area contributed by atoms with Gasteiger partial charge in [-0.25, -0.2) is 17.9 Å². The molecule has 0 amide bonds. The number of hydrogen-bond donors (Lipinski definition) is 1. The molecule has 0 radical (unpaired) electrons. The van der Waals surface area contributed by atoms with E-state index in [9.17, 15) is 13.2 Å². The molecule has 10 heteroatoms. The van der Waals surface area contributed by atoms with Crippen LogP contribution >= 0.6 is 0 Å². The Morgan fingerprint density at radius 3 is 2.77 bits per heavy atom. The standard InChI is InChI=1S/C21H20N4O5S/c1-13-4-2-3-5-15(13)11-22-31(27,28)16-8-9-17-18(10-16)29-21(26)25(17)12-19-23-20(30-24-19)14-6-7-14/h2-5,8-10,14,22H,6-7,11-12H2,1H3. The first-order chi connectivity index (χ1) is 14.9. The lowest BCUT2D eigenvalue weighted by atomic mass is 10.1. The van der Waals surface area contributed by atoms with Crippen LogP contribution in [0, 0.1) is 6.92 Å². The predicted octanol–water partition coefficient (Wildman–Crippen LogP) is 2.69. The Hall–Kier alpha value is -3.24. The van der Waals surface area contributed by atoms with Crippen molar-refractivity contribution < 1.29 is 17.4 Å². The number of sulfonamides is 1. The van der Waals surface area contributed by atoms with Crippen molar-refractivity contribution in [1.29, 1.82) is 0 Å². The van der Waals surface area contributed by atoms with E-state index in [-0.39, 0.29) is 23.6 Å². The zero-order valence-corrected chi connectivity index (χ0v) is 17.6. The van der Waals surface area contributed by atoms with Crippen molar-refractivity contribution >= 4 is 21.1 Å². The molecule has 0 atom stereocenters. The summed E-state index contributed by atoms with van der Waals surface area (Å²) in [7, 11) is -3.79. The van der Waals surface area contributed by atoms with Crippen LogP contribution in [0.4, 0.5) is 0 Å². The third-order valence-corrected chi connectivity index (χ3v) is 6.77. The average Bonchev–Trinajstić information content (AvgIpc) is 3.42. The zero-order valence-electron chi connectivity index (χ0n) is 16.7. The van der Waals surface area contributed by atoms with Gasteiger partial charge in [0.1, 0.15) is 0 Å². The zero-order chi connectivity index (χ0) is 21.6. The Morgan fingerprint density at radius 1 is 1.19 bits per heavy atom. The smallest absolute Gasteiger partial charge is 0.408 e. The number of benzene rings is 2. The van der Waals surface area contributed by atoms with Crippen LogP contribution in [0.15, 0.2) is 61.1 Å². The van der Waals surface area contributed by atoms with Gasteiger partial charge in [0.05, 0.1) is 17.0 Å². The van der Waals surface area contributed by atoms with Crippen LogP contribution < -0.4 is 10.5 Å². The number of oxazole rings is 1. The minimum absolute atomic E-state index is 0.0186. The monoisotopic (exact) mass is 440 g/mol. The van der Waals surface area contributed by atoms with E-state index in [0.29, 0.717) is 23.1 Å². The summed E-state index contributed by atoms with van der Waals surface area (Å²) in [6.45, 7) is 2.17. The van der Waals surface area contributed by atoms with Crippen molar-refractivity contribution in [3.63, 3.8) is 0 Å². The van der Waals surface area contributed by atoms with E-state index in [0.717, 1.165) is 24.0 Å². The van der Waals surface area contributed by atoms with Crippen molar-refractivity contribution in [1.82, 2.24) is 19.4 Å². The highest BCUT2D eigenvalue weighted by molar-refractivity contribution is 7.89. The molecule has 4 aromatic rings. The van der Waals surface area contributed by atoms with E-state index < -0.39 is 15.8 Å². The van der Waals surface area contributed by atoms with Gasteiger partial charge in [0.25, 0.3) is 0 Å². The fourth-order valence-corrected chi connectivity index (χ4v) is 4.42. The van der Waals surface area contributed by atoms with Crippen LogP contribution in [0.3, 0.4) is 0 Å². The molecule has 0 spiro atoms. The van der Waals surface area contributed by atoms with Crippen molar-refractivity contribution in [2.24, 2.45) is 0 Å². The minimum atomic E-state index is -3.79. The molecule has 0 saturated heterocycles. The molecule has 1 fully saturated rings. The maximum absolute atomic E-state index is 12.7. The Morgan fingerprint density at radius 2 is 2.00 bits per heavy atom. The van der Waals surface area contributed by atoms with Crippen LogP contribution in [0.2, 0.25) is 0 Å². The topological polar surface area (TPSA) is 120 Å². The van der Waals surface area contributed by atoms with Crippen LogP contribution in [0.5, 0.6) is 0 Å². The van der Waals surface area contributed by atoms with Gasteiger partial charge in [-0.15, -0.1) is 0 Å². The summed E-state index contributed by atoms with van der Waals surface area (Å²) < 4.78 is 40.0. The lowest BCUT2D eigenvalue weighted by Gasteiger charge is -2.09. The number of nitrogens with one attached hydrogen (secondary N) is 1. The molecule has 9 nitrogen and oxygen atoms in total. The molecule has 5 rings (SSSR count). The highest BCUT2D eigenvalue weighted by atomic mass is 32.2. The van der Waals surface area contributed by atoms with E-state index in [1.807, 2.05) is 31.2 Å². The fourth-order valence-electron chi connectivity index (χ4n) is 3.40. The van der Waals surface area contributed by atoms with Gasteiger partial charge in [0.2, 0.25) is 15.9 Å². The second-order valence-corrected chi connectivity index (χ2v) is 9.42. The van der Waals surface area contributed by atoms with E-state index >= 15 is 0 Å². The van der Waals surface area contributed by atoms with Crippen LogP contribution in [0.1, 0.15) is 41.6 Å². The Labute approximate surface area is 177 Å². The number of hydrogen-bond acceptors (Lipinski definition) is 7. The highest BCUT2D eigenvalue weighted by Crippen LogP contribution is 2.38. The van der Waals surface area contributed by atoms with Gasteiger partial charge in [-0.1, -0.05) is 29.4 Å². The maximum Gasteiger partial charge on any atom is 0.420 e. The Bertz CT molecular complexity index is 1430.